The predicted molar refractivity (Wildman–Crippen MR) is 106 cm³/mol. The first kappa shape index (κ1) is 18.8. The summed E-state index contributed by atoms with van der Waals surface area (Å²) >= 11 is 0. The largest absolute Gasteiger partial charge is 0.415 e. The lowest BCUT2D eigenvalue weighted by molar-refractivity contribution is 0.116. The average Bonchev–Trinajstić information content (AvgIpc) is 3.49. The number of nitrogens with two attached hydrogens (primary N) is 1. The van der Waals surface area contributed by atoms with E-state index in [-0.39, 0.29) is 5.89 Å². The molecule has 0 saturated heterocycles. The Kier molecular flexibility index (Phi) is 4.38. The van der Waals surface area contributed by atoms with Crippen LogP contribution in [-0.2, 0) is 13.6 Å². The second-order valence-electron chi connectivity index (χ2n) is 6.82. The molecule has 0 spiro atoms. The van der Waals surface area contributed by atoms with Crippen LogP contribution in [0.15, 0.2) is 46.9 Å². The van der Waals surface area contributed by atoms with E-state index in [0.29, 0.717) is 23.9 Å². The van der Waals surface area contributed by atoms with Crippen molar-refractivity contribution in [2.75, 3.05) is 5.73 Å². The van der Waals surface area contributed by atoms with Gasteiger partial charge in [0.2, 0.25) is 17.7 Å². The molecule has 0 saturated carbocycles. The van der Waals surface area contributed by atoms with Crippen LogP contribution in [0, 0.1) is 0 Å². The zero-order valence-electron chi connectivity index (χ0n) is 16.1. The summed E-state index contributed by atoms with van der Waals surface area (Å²) in [6.07, 6.45) is -2.80. The summed E-state index contributed by atoms with van der Waals surface area (Å²) in [6.45, 7) is 0.373. The molecule has 0 aliphatic carbocycles. The maximum atomic E-state index is 12.6. The van der Waals surface area contributed by atoms with E-state index >= 15 is 0 Å². The predicted octanol–water partition coefficient (Wildman–Crippen LogP) is 2.84. The van der Waals surface area contributed by atoms with Gasteiger partial charge in [0.25, 0.3) is 5.89 Å². The van der Waals surface area contributed by atoms with Gasteiger partial charge in [-0.25, -0.2) is 4.98 Å². The Bertz CT molecular complexity index is 1370. The van der Waals surface area contributed by atoms with Crippen molar-refractivity contribution in [3.8, 4) is 22.8 Å². The van der Waals surface area contributed by atoms with Gasteiger partial charge in [-0.3, -0.25) is 0 Å². The lowest BCUT2D eigenvalue weighted by Crippen LogP contribution is -2.04. The number of alkyl halides is 2. The minimum absolute atomic E-state index is 0.0357. The molecule has 31 heavy (non-hydrogen) atoms. The summed E-state index contributed by atoms with van der Waals surface area (Å²) in [6, 6.07) is 12.7. The Labute approximate surface area is 173 Å². The van der Waals surface area contributed by atoms with Gasteiger partial charge >= 0.3 is 6.43 Å². The summed E-state index contributed by atoms with van der Waals surface area (Å²) in [7, 11) is 1.85. The highest BCUT2D eigenvalue weighted by molar-refractivity contribution is 5.82. The van der Waals surface area contributed by atoms with Gasteiger partial charge in [-0.2, -0.15) is 13.6 Å². The Balaban J connectivity index is 1.33. The summed E-state index contributed by atoms with van der Waals surface area (Å²) in [5.41, 5.74) is 9.71. The molecule has 0 aliphatic heterocycles. The smallest absolute Gasteiger partial charge is 0.314 e. The van der Waals surface area contributed by atoms with E-state index in [1.807, 2.05) is 25.2 Å². The third kappa shape index (κ3) is 3.47. The van der Waals surface area contributed by atoms with Crippen LogP contribution < -0.4 is 5.73 Å². The van der Waals surface area contributed by atoms with Gasteiger partial charge in [-0.15, -0.1) is 20.4 Å². The van der Waals surface area contributed by atoms with Crippen LogP contribution >= 0.6 is 0 Å². The highest BCUT2D eigenvalue weighted by Gasteiger charge is 2.17. The molecule has 156 valence electrons. The molecule has 3 aromatic heterocycles. The molecular weight excluding hydrogens is 408 g/mol. The van der Waals surface area contributed by atoms with E-state index in [0.717, 1.165) is 22.2 Å². The number of benzene rings is 2. The van der Waals surface area contributed by atoms with Crippen molar-refractivity contribution >= 4 is 17.0 Å². The molecule has 0 fully saturated rings. The molecular formula is C19H15F2N9O. The number of rotatable bonds is 5. The number of fused-ring (bicyclic) bond motifs is 1. The Morgan fingerprint density at radius 2 is 1.81 bits per heavy atom. The average molecular weight is 423 g/mol. The first-order chi connectivity index (χ1) is 15.0. The van der Waals surface area contributed by atoms with Crippen LogP contribution in [0.2, 0.25) is 0 Å². The zero-order valence-corrected chi connectivity index (χ0v) is 16.1. The van der Waals surface area contributed by atoms with Gasteiger partial charge in [0, 0.05) is 18.2 Å². The Morgan fingerprint density at radius 1 is 1.03 bits per heavy atom. The number of tetrazole rings is 1. The van der Waals surface area contributed by atoms with E-state index in [1.165, 1.54) is 4.80 Å². The van der Waals surface area contributed by atoms with E-state index in [4.69, 9.17) is 10.2 Å². The Morgan fingerprint density at radius 3 is 2.55 bits per heavy atom. The van der Waals surface area contributed by atoms with Gasteiger partial charge in [0.1, 0.15) is 0 Å². The van der Waals surface area contributed by atoms with Crippen LogP contribution in [0.5, 0.6) is 0 Å². The highest BCUT2D eigenvalue weighted by Crippen LogP contribution is 2.24. The van der Waals surface area contributed by atoms with E-state index in [2.05, 4.69) is 30.6 Å². The minimum atomic E-state index is -2.80. The van der Waals surface area contributed by atoms with Crippen LogP contribution in [0.4, 0.5) is 14.7 Å². The first-order valence-corrected chi connectivity index (χ1v) is 9.19. The molecule has 5 rings (SSSR count). The molecule has 3 heterocycles. The van der Waals surface area contributed by atoms with Crippen molar-refractivity contribution in [1.29, 1.82) is 0 Å². The molecule has 0 atom stereocenters. The van der Waals surface area contributed by atoms with Crippen LogP contribution in [0.3, 0.4) is 0 Å². The van der Waals surface area contributed by atoms with E-state index in [9.17, 15) is 8.78 Å². The minimum Gasteiger partial charge on any atom is -0.415 e. The number of halogens is 2. The van der Waals surface area contributed by atoms with Crippen molar-refractivity contribution in [2.24, 2.45) is 7.05 Å². The number of hydrogen-bond acceptors (Lipinski definition) is 8. The number of nitrogen functional groups attached to an aromatic ring is 1. The lowest BCUT2D eigenvalue weighted by Gasteiger charge is -2.01. The van der Waals surface area contributed by atoms with Gasteiger partial charge in [-0.1, -0.05) is 12.1 Å². The third-order valence-electron chi connectivity index (χ3n) is 4.78. The molecule has 0 bridgehead atoms. The van der Waals surface area contributed by atoms with E-state index < -0.39 is 12.3 Å². The van der Waals surface area contributed by atoms with Crippen molar-refractivity contribution in [3.63, 3.8) is 0 Å². The van der Waals surface area contributed by atoms with Gasteiger partial charge in [0.05, 0.1) is 17.6 Å². The fraction of sp³-hybridized carbons (Fsp3) is 0.158. The van der Waals surface area contributed by atoms with Crippen LogP contribution in [-0.4, -0.2) is 40.0 Å². The number of aromatic nitrogens is 8. The molecule has 12 heteroatoms. The molecule has 2 aromatic carbocycles. The molecule has 0 unspecified atom stereocenters. The fourth-order valence-corrected chi connectivity index (χ4v) is 3.14. The zero-order chi connectivity index (χ0) is 21.5. The molecule has 2 N–H and O–H groups in total. The highest BCUT2D eigenvalue weighted by atomic mass is 19.3. The summed E-state index contributed by atoms with van der Waals surface area (Å²) < 4.78 is 31.9. The molecule has 10 nitrogen and oxygen atoms in total. The second kappa shape index (κ2) is 7.23. The summed E-state index contributed by atoms with van der Waals surface area (Å²) in [5.74, 6) is 0.227. The number of imidazole rings is 1. The van der Waals surface area contributed by atoms with Gasteiger partial charge in [0.15, 0.2) is 0 Å². The summed E-state index contributed by atoms with van der Waals surface area (Å²) in [5, 5.41) is 19.6. The van der Waals surface area contributed by atoms with Crippen molar-refractivity contribution in [1.82, 2.24) is 40.0 Å². The third-order valence-corrected chi connectivity index (χ3v) is 4.78. The van der Waals surface area contributed by atoms with Crippen LogP contribution in [0.25, 0.3) is 33.9 Å². The summed E-state index contributed by atoms with van der Waals surface area (Å²) in [4.78, 5) is 5.78. The number of hydrogen-bond donors (Lipinski definition) is 1. The SMILES string of the molecule is Cn1c(N)nc2cc(-c3nnn(Cc4ccc(-c5nnc(C(F)F)o5)cc4)n3)ccc21. The maximum absolute atomic E-state index is 12.6. The standard InChI is InChI=1S/C19H15F2N9O/c1-29-14-7-6-12(8-13(14)23-19(29)22)16-24-28-30(27-16)9-10-2-4-11(5-3-10)17-25-26-18(31-17)15(20)21/h2-8,15H,9H2,1H3,(H2,22,23). The first-order valence-electron chi connectivity index (χ1n) is 9.19. The lowest BCUT2D eigenvalue weighted by atomic mass is 10.1. The van der Waals surface area contributed by atoms with Crippen LogP contribution in [0.1, 0.15) is 17.9 Å². The molecule has 0 amide bonds. The normalized spacial score (nSPS) is 11.6. The number of nitrogens with zero attached hydrogens (tertiary/aromatic N) is 8. The Hall–Kier alpha value is -4.22. The number of anilines is 1. The fourth-order valence-electron chi connectivity index (χ4n) is 3.14. The van der Waals surface area contributed by atoms with Gasteiger partial charge < -0.3 is 14.7 Å². The quantitative estimate of drug-likeness (QED) is 0.457. The van der Waals surface area contributed by atoms with Crippen molar-refractivity contribution in [2.45, 2.75) is 13.0 Å². The topological polar surface area (TPSA) is 126 Å². The van der Waals surface area contributed by atoms with Crippen molar-refractivity contribution < 1.29 is 13.2 Å². The maximum Gasteiger partial charge on any atom is 0.314 e. The van der Waals surface area contributed by atoms with E-state index in [1.54, 1.807) is 28.8 Å². The second-order valence-corrected chi connectivity index (χ2v) is 6.82. The molecule has 0 aliphatic rings. The monoisotopic (exact) mass is 423 g/mol. The number of aryl methyl sites for hydroxylation is 1. The molecule has 5 aromatic rings. The van der Waals surface area contributed by atoms with Gasteiger partial charge in [-0.05, 0) is 41.1 Å². The molecule has 0 radical (unpaired) electrons. The van der Waals surface area contributed by atoms with Crippen molar-refractivity contribution in [3.05, 3.63) is 53.9 Å².